The molecule has 0 saturated heterocycles. The predicted octanol–water partition coefficient (Wildman–Crippen LogP) is 2.16. The Morgan fingerprint density at radius 1 is 1.20 bits per heavy atom. The maximum atomic E-state index is 9.29. The van der Waals surface area contributed by atoms with Crippen molar-refractivity contribution in [3.05, 3.63) is 0 Å². The molecule has 2 aliphatic carbocycles. The van der Waals surface area contributed by atoms with Crippen LogP contribution >= 0.6 is 0 Å². The van der Waals surface area contributed by atoms with Gasteiger partial charge < -0.3 is 10.8 Å². The molecule has 0 heterocycles. The second-order valence-electron chi connectivity index (χ2n) is 6.00. The second-order valence-corrected chi connectivity index (χ2v) is 6.00. The van der Waals surface area contributed by atoms with Crippen molar-refractivity contribution in [1.82, 2.24) is 0 Å². The highest BCUT2D eigenvalue weighted by Gasteiger charge is 2.48. The van der Waals surface area contributed by atoms with Gasteiger partial charge in [-0.25, -0.2) is 0 Å². The number of aliphatic hydroxyl groups excluding tert-OH is 1. The fourth-order valence-electron chi connectivity index (χ4n) is 3.96. The van der Waals surface area contributed by atoms with E-state index >= 15 is 0 Å². The maximum Gasteiger partial charge on any atom is 0.0459 e. The quantitative estimate of drug-likeness (QED) is 0.698. The van der Waals surface area contributed by atoms with Crippen LogP contribution in [0.4, 0.5) is 0 Å². The van der Waals surface area contributed by atoms with Crippen molar-refractivity contribution in [2.45, 2.75) is 51.5 Å². The van der Waals surface area contributed by atoms with E-state index in [2.05, 4.69) is 13.8 Å². The normalized spacial score (nSPS) is 51.2. The third-order valence-electron chi connectivity index (χ3n) is 5.14. The number of hydrogen-bond acceptors (Lipinski definition) is 2. The molecule has 2 rings (SSSR count). The molecular formula is C13H25NO. The molecule has 2 saturated carbocycles. The highest BCUT2D eigenvalue weighted by atomic mass is 16.3. The second kappa shape index (κ2) is 4.06. The van der Waals surface area contributed by atoms with Gasteiger partial charge in [-0.2, -0.15) is 0 Å². The number of hydrogen-bond donors (Lipinski definition) is 2. The number of nitrogens with two attached hydrogens (primary N) is 1. The maximum absolute atomic E-state index is 9.29. The molecule has 0 aromatic heterocycles. The summed E-state index contributed by atoms with van der Waals surface area (Å²) in [6, 6.07) is 0. The van der Waals surface area contributed by atoms with E-state index in [1.54, 1.807) is 0 Å². The minimum absolute atomic E-state index is 0.0172. The molecular weight excluding hydrogens is 186 g/mol. The van der Waals surface area contributed by atoms with Crippen LogP contribution in [0.15, 0.2) is 0 Å². The lowest BCUT2D eigenvalue weighted by Gasteiger charge is -2.53. The Kier molecular flexibility index (Phi) is 3.09. The van der Waals surface area contributed by atoms with E-state index in [0.29, 0.717) is 24.4 Å². The van der Waals surface area contributed by atoms with Crippen molar-refractivity contribution in [3.63, 3.8) is 0 Å². The Hall–Kier alpha value is -0.0800. The Bertz CT molecular complexity index is 231. The van der Waals surface area contributed by atoms with Gasteiger partial charge in [0.25, 0.3) is 0 Å². The first-order valence-corrected chi connectivity index (χ1v) is 6.47. The number of rotatable bonds is 1. The average Bonchev–Trinajstić information content (AvgIpc) is 2.23. The summed E-state index contributed by atoms with van der Waals surface area (Å²) in [5.41, 5.74) is 6.67. The van der Waals surface area contributed by atoms with Crippen LogP contribution in [-0.2, 0) is 0 Å². The van der Waals surface area contributed by atoms with Crippen LogP contribution in [-0.4, -0.2) is 17.3 Å². The molecule has 15 heavy (non-hydrogen) atoms. The van der Waals surface area contributed by atoms with Gasteiger partial charge >= 0.3 is 0 Å². The smallest absolute Gasteiger partial charge is 0.0459 e. The van der Waals surface area contributed by atoms with E-state index in [9.17, 15) is 5.11 Å². The molecule has 2 nitrogen and oxygen atoms in total. The van der Waals surface area contributed by atoms with Gasteiger partial charge in [-0.3, -0.25) is 0 Å². The van der Waals surface area contributed by atoms with Crippen molar-refractivity contribution in [1.29, 1.82) is 0 Å². The molecule has 2 heteroatoms. The molecule has 0 aromatic carbocycles. The van der Waals surface area contributed by atoms with E-state index in [1.165, 1.54) is 25.7 Å². The van der Waals surface area contributed by atoms with E-state index in [-0.39, 0.29) is 5.54 Å². The standard InChI is InChI=1S/C13H25NO/c1-9-3-4-10(2)13(14)7-11(8-15)5-6-12(9)13/h9-12,15H,3-8,14H2,1-2H3/t9?,10-,11-,12?,13?/m1/s1. The first-order valence-electron chi connectivity index (χ1n) is 6.47. The molecule has 5 atom stereocenters. The van der Waals surface area contributed by atoms with Crippen molar-refractivity contribution in [2.75, 3.05) is 6.61 Å². The molecule has 0 radical (unpaired) electrons. The van der Waals surface area contributed by atoms with Crippen molar-refractivity contribution in [2.24, 2.45) is 29.4 Å². The van der Waals surface area contributed by atoms with Gasteiger partial charge in [0.2, 0.25) is 0 Å². The molecule has 3 N–H and O–H groups in total. The summed E-state index contributed by atoms with van der Waals surface area (Å²) in [6.45, 7) is 4.99. The largest absolute Gasteiger partial charge is 0.396 e. The Labute approximate surface area is 93.2 Å². The van der Waals surface area contributed by atoms with Gasteiger partial charge in [0.15, 0.2) is 0 Å². The number of fused-ring (bicyclic) bond motifs is 1. The van der Waals surface area contributed by atoms with Crippen molar-refractivity contribution in [3.8, 4) is 0 Å². The average molecular weight is 211 g/mol. The van der Waals surface area contributed by atoms with Crippen LogP contribution < -0.4 is 5.73 Å². The minimum Gasteiger partial charge on any atom is -0.396 e. The zero-order chi connectivity index (χ0) is 11.1. The van der Waals surface area contributed by atoms with Gasteiger partial charge in [-0.05, 0) is 49.4 Å². The molecule has 0 aliphatic heterocycles. The summed E-state index contributed by atoms with van der Waals surface area (Å²) in [5, 5.41) is 9.29. The SMILES string of the molecule is CC1CC[C@@H](C)C2(N)C[C@H](CO)CCC12. The van der Waals surface area contributed by atoms with Gasteiger partial charge in [-0.15, -0.1) is 0 Å². The predicted molar refractivity (Wildman–Crippen MR) is 62.4 cm³/mol. The zero-order valence-electron chi connectivity index (χ0n) is 10.1. The van der Waals surface area contributed by atoms with Gasteiger partial charge in [0.1, 0.15) is 0 Å². The lowest BCUT2D eigenvalue weighted by molar-refractivity contribution is 0.000370. The van der Waals surface area contributed by atoms with Crippen LogP contribution in [0.2, 0.25) is 0 Å². The van der Waals surface area contributed by atoms with E-state index < -0.39 is 0 Å². The molecule has 2 fully saturated rings. The van der Waals surface area contributed by atoms with E-state index in [4.69, 9.17) is 5.73 Å². The van der Waals surface area contributed by atoms with E-state index in [0.717, 1.165) is 12.3 Å². The summed E-state index contributed by atoms with van der Waals surface area (Å²) in [6.07, 6.45) is 6.06. The first-order chi connectivity index (χ1) is 7.08. The topological polar surface area (TPSA) is 46.2 Å². The van der Waals surface area contributed by atoms with E-state index in [1.807, 2.05) is 0 Å². The fraction of sp³-hybridized carbons (Fsp3) is 1.00. The lowest BCUT2D eigenvalue weighted by atomic mass is 9.55. The Balaban J connectivity index is 2.17. The minimum atomic E-state index is 0.0172. The summed E-state index contributed by atoms with van der Waals surface area (Å²) < 4.78 is 0. The fourth-order valence-corrected chi connectivity index (χ4v) is 3.96. The van der Waals surface area contributed by atoms with Crippen LogP contribution in [0, 0.1) is 23.7 Å². The Morgan fingerprint density at radius 3 is 2.60 bits per heavy atom. The molecule has 0 bridgehead atoms. The summed E-state index contributed by atoms with van der Waals surface area (Å²) >= 11 is 0. The zero-order valence-corrected chi connectivity index (χ0v) is 10.1. The van der Waals surface area contributed by atoms with Crippen LogP contribution in [0.3, 0.4) is 0 Å². The first kappa shape index (κ1) is 11.4. The van der Waals surface area contributed by atoms with Crippen LogP contribution in [0.5, 0.6) is 0 Å². The summed E-state index contributed by atoms with van der Waals surface area (Å²) in [7, 11) is 0. The van der Waals surface area contributed by atoms with Crippen LogP contribution in [0.1, 0.15) is 46.0 Å². The third-order valence-corrected chi connectivity index (χ3v) is 5.14. The Morgan fingerprint density at radius 2 is 1.93 bits per heavy atom. The van der Waals surface area contributed by atoms with Crippen LogP contribution in [0.25, 0.3) is 0 Å². The summed E-state index contributed by atoms with van der Waals surface area (Å²) in [4.78, 5) is 0. The highest BCUT2D eigenvalue weighted by molar-refractivity contribution is 5.04. The summed E-state index contributed by atoms with van der Waals surface area (Å²) in [5.74, 6) is 2.57. The molecule has 0 amide bonds. The van der Waals surface area contributed by atoms with Crippen molar-refractivity contribution >= 4 is 0 Å². The van der Waals surface area contributed by atoms with Gasteiger partial charge in [-0.1, -0.05) is 20.3 Å². The number of aliphatic hydroxyl groups is 1. The molecule has 3 unspecified atom stereocenters. The monoisotopic (exact) mass is 211 g/mol. The van der Waals surface area contributed by atoms with Gasteiger partial charge in [0.05, 0.1) is 0 Å². The molecule has 0 aromatic rings. The third kappa shape index (κ3) is 1.83. The van der Waals surface area contributed by atoms with Crippen molar-refractivity contribution < 1.29 is 5.11 Å². The highest BCUT2D eigenvalue weighted by Crippen LogP contribution is 2.49. The lowest BCUT2D eigenvalue weighted by Crippen LogP contribution is -2.60. The molecule has 0 spiro atoms. The molecule has 88 valence electrons. The van der Waals surface area contributed by atoms with Gasteiger partial charge in [0, 0.05) is 12.1 Å². The molecule has 2 aliphatic rings.